The van der Waals surface area contributed by atoms with Gasteiger partial charge in [0, 0.05) is 6.54 Å². The van der Waals surface area contributed by atoms with Crippen LogP contribution in [0.25, 0.3) is 5.69 Å². The molecule has 2 N–H and O–H groups in total. The highest BCUT2D eigenvalue weighted by molar-refractivity contribution is 5.93. The number of aromatic nitrogens is 3. The largest absolute Gasteiger partial charge is 0.387 e. The SMILES string of the molecule is Cc1ccc(-n2nc(C)c(C(=O)NC[C@@H](O)c3ccc(F)c(F)c3)n2)c(C)c1. The molecule has 3 aromatic rings. The van der Waals surface area contributed by atoms with Gasteiger partial charge in [-0.1, -0.05) is 23.8 Å². The third-order valence-corrected chi connectivity index (χ3v) is 4.35. The molecule has 1 aromatic heterocycles. The van der Waals surface area contributed by atoms with E-state index < -0.39 is 23.6 Å². The number of rotatable bonds is 5. The van der Waals surface area contributed by atoms with Gasteiger partial charge < -0.3 is 10.4 Å². The average molecular weight is 386 g/mol. The molecule has 0 aliphatic carbocycles. The van der Waals surface area contributed by atoms with Gasteiger partial charge in [-0.25, -0.2) is 8.78 Å². The summed E-state index contributed by atoms with van der Waals surface area (Å²) in [5, 5.41) is 21.2. The van der Waals surface area contributed by atoms with Gasteiger partial charge in [0.05, 0.1) is 17.5 Å². The number of amides is 1. The summed E-state index contributed by atoms with van der Waals surface area (Å²) in [6, 6.07) is 8.88. The zero-order valence-electron chi connectivity index (χ0n) is 15.7. The standard InChI is InChI=1S/C20H20F2N4O2/c1-11-4-7-17(12(2)8-11)26-24-13(3)19(25-26)20(28)23-10-18(27)14-5-6-15(21)16(22)9-14/h4-9,18,27H,10H2,1-3H3,(H,23,28)/t18-/m1/s1. The van der Waals surface area contributed by atoms with E-state index in [0.717, 1.165) is 28.9 Å². The average Bonchev–Trinajstić information content (AvgIpc) is 3.03. The molecule has 0 saturated carbocycles. The zero-order valence-corrected chi connectivity index (χ0v) is 15.7. The number of carbonyl (C=O) groups excluding carboxylic acids is 1. The monoisotopic (exact) mass is 386 g/mol. The van der Waals surface area contributed by atoms with E-state index in [1.165, 1.54) is 10.9 Å². The van der Waals surface area contributed by atoms with Crippen LogP contribution in [0.15, 0.2) is 36.4 Å². The predicted octanol–water partition coefficient (Wildman–Crippen LogP) is 2.93. The molecule has 0 fully saturated rings. The fourth-order valence-corrected chi connectivity index (χ4v) is 2.84. The second-order valence-corrected chi connectivity index (χ2v) is 6.61. The molecule has 28 heavy (non-hydrogen) atoms. The van der Waals surface area contributed by atoms with Crippen molar-refractivity contribution >= 4 is 5.91 Å². The third kappa shape index (κ3) is 4.07. The first-order valence-electron chi connectivity index (χ1n) is 8.69. The number of aliphatic hydroxyl groups excluding tert-OH is 1. The summed E-state index contributed by atoms with van der Waals surface area (Å²) < 4.78 is 26.3. The second-order valence-electron chi connectivity index (χ2n) is 6.61. The Morgan fingerprint density at radius 3 is 2.54 bits per heavy atom. The van der Waals surface area contributed by atoms with E-state index in [4.69, 9.17) is 0 Å². The molecule has 0 radical (unpaired) electrons. The number of hydrogen-bond acceptors (Lipinski definition) is 4. The number of aryl methyl sites for hydroxylation is 3. The molecule has 6 nitrogen and oxygen atoms in total. The van der Waals surface area contributed by atoms with Gasteiger partial charge in [0.25, 0.3) is 5.91 Å². The van der Waals surface area contributed by atoms with Gasteiger partial charge in [0.15, 0.2) is 17.3 Å². The molecule has 0 aliphatic heterocycles. The Balaban J connectivity index is 1.72. The van der Waals surface area contributed by atoms with E-state index in [2.05, 4.69) is 15.5 Å². The number of halogens is 2. The van der Waals surface area contributed by atoms with E-state index in [9.17, 15) is 18.7 Å². The number of carbonyl (C=O) groups is 1. The summed E-state index contributed by atoms with van der Waals surface area (Å²) in [6.45, 7) is 5.39. The normalized spacial score (nSPS) is 12.1. The molecule has 0 saturated heterocycles. The molecule has 1 atom stereocenters. The zero-order chi connectivity index (χ0) is 20.4. The molecule has 1 amide bonds. The van der Waals surface area contributed by atoms with Crippen LogP contribution in [-0.4, -0.2) is 32.6 Å². The lowest BCUT2D eigenvalue weighted by molar-refractivity contribution is 0.0910. The van der Waals surface area contributed by atoms with Gasteiger partial charge in [0.2, 0.25) is 0 Å². The van der Waals surface area contributed by atoms with Crippen molar-refractivity contribution in [3.63, 3.8) is 0 Å². The molecular weight excluding hydrogens is 366 g/mol. The molecule has 0 bridgehead atoms. The maximum absolute atomic E-state index is 13.3. The van der Waals surface area contributed by atoms with Crippen molar-refractivity contribution in [2.75, 3.05) is 6.54 Å². The highest BCUT2D eigenvalue weighted by Gasteiger charge is 2.19. The first-order valence-corrected chi connectivity index (χ1v) is 8.69. The van der Waals surface area contributed by atoms with Crippen LogP contribution in [0.1, 0.15) is 39.0 Å². The fraction of sp³-hybridized carbons (Fsp3) is 0.250. The van der Waals surface area contributed by atoms with Crippen LogP contribution >= 0.6 is 0 Å². The molecule has 8 heteroatoms. The molecule has 3 rings (SSSR count). The topological polar surface area (TPSA) is 80.0 Å². The van der Waals surface area contributed by atoms with Gasteiger partial charge in [-0.15, -0.1) is 5.10 Å². The van der Waals surface area contributed by atoms with E-state index >= 15 is 0 Å². The van der Waals surface area contributed by atoms with Gasteiger partial charge >= 0.3 is 0 Å². The maximum Gasteiger partial charge on any atom is 0.273 e. The van der Waals surface area contributed by atoms with E-state index in [1.807, 2.05) is 32.0 Å². The maximum atomic E-state index is 13.3. The summed E-state index contributed by atoms with van der Waals surface area (Å²) in [4.78, 5) is 13.8. The summed E-state index contributed by atoms with van der Waals surface area (Å²) in [5.74, 6) is -2.58. The number of hydrogen-bond donors (Lipinski definition) is 2. The lowest BCUT2D eigenvalue weighted by Gasteiger charge is -2.12. The highest BCUT2D eigenvalue weighted by atomic mass is 19.2. The van der Waals surface area contributed by atoms with Crippen LogP contribution in [0, 0.1) is 32.4 Å². The predicted molar refractivity (Wildman–Crippen MR) is 99.2 cm³/mol. The van der Waals surface area contributed by atoms with Crippen LogP contribution in [0.2, 0.25) is 0 Å². The minimum Gasteiger partial charge on any atom is -0.387 e. The Labute approximate surface area is 160 Å². The van der Waals surface area contributed by atoms with Crippen molar-refractivity contribution in [3.05, 3.63) is 76.1 Å². The van der Waals surface area contributed by atoms with Gasteiger partial charge in [0.1, 0.15) is 0 Å². The van der Waals surface area contributed by atoms with Crippen LogP contribution in [0.4, 0.5) is 8.78 Å². The van der Waals surface area contributed by atoms with Crippen molar-refractivity contribution < 1.29 is 18.7 Å². The molecule has 2 aromatic carbocycles. The van der Waals surface area contributed by atoms with Crippen molar-refractivity contribution in [1.29, 1.82) is 0 Å². The first-order chi connectivity index (χ1) is 13.3. The Kier molecular flexibility index (Phi) is 5.51. The Bertz CT molecular complexity index is 1030. The van der Waals surface area contributed by atoms with Crippen LogP contribution in [0.3, 0.4) is 0 Å². The van der Waals surface area contributed by atoms with E-state index in [1.54, 1.807) is 6.92 Å². The third-order valence-electron chi connectivity index (χ3n) is 4.35. The fourth-order valence-electron chi connectivity index (χ4n) is 2.84. The Morgan fingerprint density at radius 2 is 1.86 bits per heavy atom. The van der Waals surface area contributed by atoms with E-state index in [-0.39, 0.29) is 17.8 Å². The number of aliphatic hydroxyl groups is 1. The van der Waals surface area contributed by atoms with Gasteiger partial charge in [-0.05, 0) is 50.1 Å². The molecule has 146 valence electrons. The lowest BCUT2D eigenvalue weighted by atomic mass is 10.1. The number of nitrogens with one attached hydrogen (secondary N) is 1. The van der Waals surface area contributed by atoms with Gasteiger partial charge in [-0.3, -0.25) is 4.79 Å². The minimum atomic E-state index is -1.19. The second kappa shape index (κ2) is 7.85. The van der Waals surface area contributed by atoms with Crippen molar-refractivity contribution in [2.45, 2.75) is 26.9 Å². The summed E-state index contributed by atoms with van der Waals surface area (Å²) in [7, 11) is 0. The van der Waals surface area contributed by atoms with Crippen LogP contribution in [-0.2, 0) is 0 Å². The first kappa shape index (κ1) is 19.6. The van der Waals surface area contributed by atoms with E-state index in [0.29, 0.717) is 5.69 Å². The Hall–Kier alpha value is -3.13. The summed E-state index contributed by atoms with van der Waals surface area (Å²) in [6.07, 6.45) is -1.19. The summed E-state index contributed by atoms with van der Waals surface area (Å²) in [5.41, 5.74) is 3.55. The highest BCUT2D eigenvalue weighted by Crippen LogP contribution is 2.17. The van der Waals surface area contributed by atoms with Crippen molar-refractivity contribution in [2.24, 2.45) is 0 Å². The van der Waals surface area contributed by atoms with Crippen molar-refractivity contribution in [3.8, 4) is 5.69 Å². The number of nitrogens with zero attached hydrogens (tertiary/aromatic N) is 3. The van der Waals surface area contributed by atoms with Crippen molar-refractivity contribution in [1.82, 2.24) is 20.3 Å². The molecule has 0 unspecified atom stereocenters. The van der Waals surface area contributed by atoms with Crippen LogP contribution in [0.5, 0.6) is 0 Å². The van der Waals surface area contributed by atoms with Gasteiger partial charge in [-0.2, -0.15) is 9.90 Å². The molecule has 1 heterocycles. The lowest BCUT2D eigenvalue weighted by Crippen LogP contribution is -2.29. The quantitative estimate of drug-likeness (QED) is 0.707. The minimum absolute atomic E-state index is 0.123. The Morgan fingerprint density at radius 1 is 1.11 bits per heavy atom. The molecule has 0 aliphatic rings. The molecular formula is C20H20F2N4O2. The number of benzene rings is 2. The molecule has 0 spiro atoms. The van der Waals surface area contributed by atoms with Crippen LogP contribution < -0.4 is 5.32 Å². The smallest absolute Gasteiger partial charge is 0.273 e. The summed E-state index contributed by atoms with van der Waals surface area (Å²) >= 11 is 0.